The second-order valence-electron chi connectivity index (χ2n) is 3.07. The number of carboxylic acids is 1. The minimum atomic E-state index is -0.755. The van der Waals surface area contributed by atoms with Gasteiger partial charge in [-0.05, 0) is 13.3 Å². The minimum Gasteiger partial charge on any atom is -0.481 e. The van der Waals surface area contributed by atoms with E-state index in [-0.39, 0.29) is 12.5 Å². The van der Waals surface area contributed by atoms with E-state index in [0.717, 1.165) is 13.0 Å². The van der Waals surface area contributed by atoms with Crippen molar-refractivity contribution in [2.45, 2.75) is 31.9 Å². The Kier molecular flexibility index (Phi) is 3.49. The Labute approximate surface area is 71.9 Å². The lowest BCUT2D eigenvalue weighted by atomic mass is 10.1. The summed E-state index contributed by atoms with van der Waals surface area (Å²) in [6.45, 7) is 3.32. The number of carbonyl (C=O) groups is 1. The third-order valence-corrected chi connectivity index (χ3v) is 2.12. The number of nitrogens with one attached hydrogen (secondary N) is 1. The summed E-state index contributed by atoms with van der Waals surface area (Å²) in [4.78, 5) is 10.2. The van der Waals surface area contributed by atoms with Crippen LogP contribution in [-0.4, -0.2) is 36.4 Å². The van der Waals surface area contributed by atoms with Crippen molar-refractivity contribution >= 4 is 5.97 Å². The lowest BCUT2D eigenvalue weighted by Crippen LogP contribution is -2.35. The molecule has 2 unspecified atom stereocenters. The molecule has 0 aromatic heterocycles. The van der Waals surface area contributed by atoms with Gasteiger partial charge in [0.2, 0.25) is 0 Å². The fourth-order valence-electron chi connectivity index (χ4n) is 1.36. The summed E-state index contributed by atoms with van der Waals surface area (Å²) in [5, 5.41) is 11.5. The monoisotopic (exact) mass is 173 g/mol. The highest BCUT2D eigenvalue weighted by molar-refractivity contribution is 5.66. The summed E-state index contributed by atoms with van der Waals surface area (Å²) in [6, 6.07) is 0.337. The van der Waals surface area contributed by atoms with Gasteiger partial charge < -0.3 is 15.2 Å². The molecule has 70 valence electrons. The molecule has 1 aliphatic heterocycles. The number of hydrogen-bond acceptors (Lipinski definition) is 3. The van der Waals surface area contributed by atoms with E-state index in [1.54, 1.807) is 0 Å². The van der Waals surface area contributed by atoms with Gasteiger partial charge in [0.25, 0.3) is 0 Å². The first-order valence-electron chi connectivity index (χ1n) is 4.27. The number of rotatable bonds is 4. The lowest BCUT2D eigenvalue weighted by molar-refractivity contribution is -0.136. The Hall–Kier alpha value is -0.610. The van der Waals surface area contributed by atoms with Crippen LogP contribution in [0.5, 0.6) is 0 Å². The predicted molar refractivity (Wildman–Crippen MR) is 44.1 cm³/mol. The molecule has 1 heterocycles. The van der Waals surface area contributed by atoms with Crippen LogP contribution in [0.25, 0.3) is 0 Å². The zero-order valence-corrected chi connectivity index (χ0v) is 7.25. The zero-order chi connectivity index (χ0) is 8.97. The fourth-order valence-corrected chi connectivity index (χ4v) is 1.36. The Morgan fingerprint density at radius 1 is 1.75 bits per heavy atom. The van der Waals surface area contributed by atoms with Crippen LogP contribution in [-0.2, 0) is 9.53 Å². The second-order valence-corrected chi connectivity index (χ2v) is 3.07. The van der Waals surface area contributed by atoms with Crippen molar-refractivity contribution < 1.29 is 14.6 Å². The minimum absolute atomic E-state index is 0.184. The number of ether oxygens (including phenoxy) is 1. The van der Waals surface area contributed by atoms with E-state index in [2.05, 4.69) is 5.32 Å². The maximum Gasteiger partial charge on any atom is 0.304 e. The molecule has 1 aliphatic rings. The number of hydrogen-bond donors (Lipinski definition) is 2. The number of aliphatic carboxylic acids is 1. The third-order valence-electron chi connectivity index (χ3n) is 2.12. The molecule has 4 heteroatoms. The average Bonchev–Trinajstić information content (AvgIpc) is 2.36. The molecule has 4 nitrogen and oxygen atoms in total. The van der Waals surface area contributed by atoms with Gasteiger partial charge in [0.1, 0.15) is 0 Å². The molecule has 1 rings (SSSR count). The lowest BCUT2D eigenvalue weighted by Gasteiger charge is -2.14. The molecule has 1 saturated heterocycles. The van der Waals surface area contributed by atoms with E-state index >= 15 is 0 Å². The molecule has 0 radical (unpaired) electrons. The van der Waals surface area contributed by atoms with E-state index in [1.807, 2.05) is 6.92 Å². The summed E-state index contributed by atoms with van der Waals surface area (Å²) in [7, 11) is 0. The Bertz CT molecular complexity index is 160. The Balaban J connectivity index is 2.10. The van der Waals surface area contributed by atoms with Gasteiger partial charge in [-0.15, -0.1) is 0 Å². The Morgan fingerprint density at radius 3 is 3.00 bits per heavy atom. The first-order valence-corrected chi connectivity index (χ1v) is 4.27. The van der Waals surface area contributed by atoms with Crippen molar-refractivity contribution in [1.82, 2.24) is 5.32 Å². The predicted octanol–water partition coefficient (Wildman–Crippen LogP) is 0.228. The quantitative estimate of drug-likeness (QED) is 0.639. The van der Waals surface area contributed by atoms with Gasteiger partial charge in [0.15, 0.2) is 0 Å². The normalized spacial score (nSPS) is 29.1. The van der Waals surface area contributed by atoms with Crippen molar-refractivity contribution in [3.63, 3.8) is 0 Å². The van der Waals surface area contributed by atoms with Gasteiger partial charge in [0.05, 0.1) is 12.5 Å². The zero-order valence-electron chi connectivity index (χ0n) is 7.25. The van der Waals surface area contributed by atoms with Gasteiger partial charge in [-0.25, -0.2) is 0 Å². The van der Waals surface area contributed by atoms with Crippen molar-refractivity contribution in [3.8, 4) is 0 Å². The summed E-state index contributed by atoms with van der Waals surface area (Å²) >= 11 is 0. The van der Waals surface area contributed by atoms with Gasteiger partial charge in [-0.3, -0.25) is 4.79 Å². The largest absolute Gasteiger partial charge is 0.481 e. The highest BCUT2D eigenvalue weighted by Gasteiger charge is 2.23. The van der Waals surface area contributed by atoms with Gasteiger partial charge in [0, 0.05) is 19.2 Å². The van der Waals surface area contributed by atoms with E-state index in [4.69, 9.17) is 9.84 Å². The molecule has 0 aromatic carbocycles. The molecule has 2 atom stereocenters. The third kappa shape index (κ3) is 2.79. The molecule has 1 fully saturated rings. The molecule has 0 aliphatic carbocycles. The van der Waals surface area contributed by atoms with E-state index < -0.39 is 5.97 Å². The Morgan fingerprint density at radius 2 is 2.50 bits per heavy atom. The number of carboxylic acid groups (broad SMARTS) is 1. The summed E-state index contributed by atoms with van der Waals surface area (Å²) in [5.41, 5.74) is 0. The van der Waals surface area contributed by atoms with Crippen molar-refractivity contribution in [2.24, 2.45) is 0 Å². The molecule has 0 saturated carbocycles. The van der Waals surface area contributed by atoms with Crippen LogP contribution in [0.1, 0.15) is 19.8 Å². The van der Waals surface area contributed by atoms with Crippen LogP contribution >= 0.6 is 0 Å². The molecular formula is C8H15NO3. The van der Waals surface area contributed by atoms with Crippen LogP contribution in [0.15, 0.2) is 0 Å². The maximum atomic E-state index is 10.2. The van der Waals surface area contributed by atoms with Gasteiger partial charge >= 0.3 is 5.97 Å². The molecule has 0 bridgehead atoms. The van der Waals surface area contributed by atoms with Gasteiger partial charge in [-0.2, -0.15) is 0 Å². The standard InChI is InChI=1S/C8H15NO3/c1-6-7(3-5-12-6)9-4-2-8(10)11/h6-7,9H,2-5H2,1H3,(H,10,11). The molecule has 0 amide bonds. The summed E-state index contributed by atoms with van der Waals surface area (Å²) in [6.07, 6.45) is 1.39. The van der Waals surface area contributed by atoms with Crippen LogP contribution in [0, 0.1) is 0 Å². The smallest absolute Gasteiger partial charge is 0.304 e. The molecule has 2 N–H and O–H groups in total. The second kappa shape index (κ2) is 4.42. The molecule has 0 spiro atoms. The van der Waals surface area contributed by atoms with Crippen molar-refractivity contribution in [2.75, 3.05) is 13.2 Å². The highest BCUT2D eigenvalue weighted by atomic mass is 16.5. The summed E-state index contributed by atoms with van der Waals surface area (Å²) < 4.78 is 5.31. The van der Waals surface area contributed by atoms with Crippen LogP contribution < -0.4 is 5.32 Å². The fraction of sp³-hybridized carbons (Fsp3) is 0.875. The van der Waals surface area contributed by atoms with Crippen LogP contribution in [0.4, 0.5) is 0 Å². The van der Waals surface area contributed by atoms with E-state index in [0.29, 0.717) is 12.6 Å². The maximum absolute atomic E-state index is 10.2. The average molecular weight is 173 g/mol. The highest BCUT2D eigenvalue weighted by Crippen LogP contribution is 2.11. The molecule has 12 heavy (non-hydrogen) atoms. The van der Waals surface area contributed by atoms with E-state index in [1.165, 1.54) is 0 Å². The topological polar surface area (TPSA) is 58.6 Å². The first-order chi connectivity index (χ1) is 5.70. The summed E-state index contributed by atoms with van der Waals surface area (Å²) in [5.74, 6) is -0.755. The molecular weight excluding hydrogens is 158 g/mol. The van der Waals surface area contributed by atoms with Crippen LogP contribution in [0.2, 0.25) is 0 Å². The first kappa shape index (κ1) is 9.48. The molecule has 0 aromatic rings. The van der Waals surface area contributed by atoms with Crippen molar-refractivity contribution in [3.05, 3.63) is 0 Å². The van der Waals surface area contributed by atoms with Crippen LogP contribution in [0.3, 0.4) is 0 Å². The van der Waals surface area contributed by atoms with E-state index in [9.17, 15) is 4.79 Å². The SMILES string of the molecule is CC1OCCC1NCCC(=O)O. The van der Waals surface area contributed by atoms with Gasteiger partial charge in [-0.1, -0.05) is 0 Å². The van der Waals surface area contributed by atoms with Crippen molar-refractivity contribution in [1.29, 1.82) is 0 Å².